The van der Waals surface area contributed by atoms with Gasteiger partial charge in [0.15, 0.2) is 0 Å². The molecule has 1 N–H and O–H groups in total. The maximum Gasteiger partial charge on any atom is 0.129 e. The van der Waals surface area contributed by atoms with Crippen LogP contribution in [0.4, 0.5) is 4.39 Å². The van der Waals surface area contributed by atoms with Crippen LogP contribution in [0.1, 0.15) is 29.7 Å². The lowest BCUT2D eigenvalue weighted by Crippen LogP contribution is -2.24. The topological polar surface area (TPSA) is 12.0 Å². The molecule has 4 heteroatoms. The quantitative estimate of drug-likeness (QED) is 0.738. The molecule has 0 aliphatic heterocycles. The third kappa shape index (κ3) is 4.29. The maximum absolute atomic E-state index is 14.2. The monoisotopic (exact) mass is 369 g/mol. The zero-order valence-corrected chi connectivity index (χ0v) is 14.4. The minimum atomic E-state index is -0.210. The Hall–Kier alpha value is -0.900. The van der Waals surface area contributed by atoms with Crippen LogP contribution >= 0.6 is 27.5 Å². The first kappa shape index (κ1) is 16.5. The van der Waals surface area contributed by atoms with Gasteiger partial charge in [-0.15, -0.1) is 0 Å². The average Bonchev–Trinajstić information content (AvgIpc) is 2.41. The zero-order chi connectivity index (χ0) is 15.4. The molecule has 1 unspecified atom stereocenters. The summed E-state index contributed by atoms with van der Waals surface area (Å²) in [6, 6.07) is 11.1. The largest absolute Gasteiger partial charge is 0.310 e. The molecule has 0 radical (unpaired) electrons. The van der Waals surface area contributed by atoms with E-state index in [1.165, 1.54) is 6.07 Å². The van der Waals surface area contributed by atoms with E-state index in [2.05, 4.69) is 21.2 Å². The molecule has 0 aliphatic rings. The van der Waals surface area contributed by atoms with E-state index >= 15 is 0 Å². The Bertz CT molecular complexity index is 630. The third-order valence-corrected chi connectivity index (χ3v) is 4.27. The molecule has 0 spiro atoms. The van der Waals surface area contributed by atoms with Crippen molar-refractivity contribution in [1.29, 1.82) is 0 Å². The van der Waals surface area contributed by atoms with Gasteiger partial charge in [0.1, 0.15) is 5.82 Å². The molecule has 2 aromatic carbocycles. The number of benzene rings is 2. The van der Waals surface area contributed by atoms with Crippen LogP contribution in [-0.2, 0) is 6.42 Å². The lowest BCUT2D eigenvalue weighted by molar-refractivity contribution is 0.509. The van der Waals surface area contributed by atoms with Crippen LogP contribution in [0.3, 0.4) is 0 Å². The van der Waals surface area contributed by atoms with Crippen molar-refractivity contribution in [2.24, 2.45) is 0 Å². The van der Waals surface area contributed by atoms with Gasteiger partial charge in [-0.3, -0.25) is 0 Å². The van der Waals surface area contributed by atoms with Crippen LogP contribution in [0, 0.1) is 12.7 Å². The standard InChI is InChI=1S/C17H18BrClFN/c1-3-21-17(14-7-6-13(18)10-16(14)20)9-12-5-4-11(2)8-15(12)19/h4-8,10,17,21H,3,9H2,1-2H3. The van der Waals surface area contributed by atoms with Gasteiger partial charge >= 0.3 is 0 Å². The number of likely N-dealkylation sites (N-methyl/N-ethyl adjacent to an activating group) is 1. The highest BCUT2D eigenvalue weighted by atomic mass is 79.9. The fourth-order valence-electron chi connectivity index (χ4n) is 2.36. The smallest absolute Gasteiger partial charge is 0.129 e. The fraction of sp³-hybridized carbons (Fsp3) is 0.294. The van der Waals surface area contributed by atoms with Gasteiger partial charge in [-0.05, 0) is 49.2 Å². The number of rotatable bonds is 5. The molecule has 1 nitrogen and oxygen atoms in total. The van der Waals surface area contributed by atoms with Crippen LogP contribution < -0.4 is 5.32 Å². The molecule has 0 heterocycles. The van der Waals surface area contributed by atoms with Gasteiger partial charge in [-0.25, -0.2) is 4.39 Å². The molecule has 0 saturated carbocycles. The van der Waals surface area contributed by atoms with Crippen LogP contribution in [0.15, 0.2) is 40.9 Å². The molecule has 0 fully saturated rings. The Morgan fingerprint density at radius 2 is 2.00 bits per heavy atom. The van der Waals surface area contributed by atoms with Crippen LogP contribution in [0.2, 0.25) is 5.02 Å². The minimum Gasteiger partial charge on any atom is -0.310 e. The van der Waals surface area contributed by atoms with Gasteiger partial charge in [-0.1, -0.05) is 52.7 Å². The van der Waals surface area contributed by atoms with Gasteiger partial charge in [0.25, 0.3) is 0 Å². The fourth-order valence-corrected chi connectivity index (χ4v) is 3.01. The first-order chi connectivity index (χ1) is 10.0. The summed E-state index contributed by atoms with van der Waals surface area (Å²) in [5.41, 5.74) is 2.81. The van der Waals surface area contributed by atoms with Gasteiger partial charge in [0.05, 0.1) is 0 Å². The van der Waals surface area contributed by atoms with Crippen molar-refractivity contribution in [3.05, 3.63) is 68.4 Å². The molecule has 0 aliphatic carbocycles. The predicted octanol–water partition coefficient (Wildman–Crippen LogP) is 5.44. The van der Waals surface area contributed by atoms with Crippen molar-refractivity contribution in [3.8, 4) is 0 Å². The van der Waals surface area contributed by atoms with E-state index in [1.54, 1.807) is 0 Å². The number of hydrogen-bond donors (Lipinski definition) is 1. The second-order valence-electron chi connectivity index (χ2n) is 5.08. The third-order valence-electron chi connectivity index (χ3n) is 3.42. The molecule has 112 valence electrons. The second kappa shape index (κ2) is 7.39. The van der Waals surface area contributed by atoms with E-state index in [4.69, 9.17) is 11.6 Å². The summed E-state index contributed by atoms with van der Waals surface area (Å²) < 4.78 is 14.9. The lowest BCUT2D eigenvalue weighted by Gasteiger charge is -2.20. The highest BCUT2D eigenvalue weighted by molar-refractivity contribution is 9.10. The normalized spacial score (nSPS) is 12.4. The summed E-state index contributed by atoms with van der Waals surface area (Å²) in [6.07, 6.45) is 0.658. The van der Waals surface area contributed by atoms with E-state index in [1.807, 2.05) is 44.2 Å². The van der Waals surface area contributed by atoms with Gasteiger partial charge in [-0.2, -0.15) is 0 Å². The van der Waals surface area contributed by atoms with Crippen molar-refractivity contribution in [1.82, 2.24) is 5.32 Å². The molecule has 1 atom stereocenters. The maximum atomic E-state index is 14.2. The summed E-state index contributed by atoms with van der Waals surface area (Å²) in [5, 5.41) is 4.07. The lowest BCUT2D eigenvalue weighted by atomic mass is 9.97. The van der Waals surface area contributed by atoms with Gasteiger partial charge in [0.2, 0.25) is 0 Å². The summed E-state index contributed by atoms with van der Waals surface area (Å²) in [6.45, 7) is 4.79. The van der Waals surface area contributed by atoms with Gasteiger partial charge in [0, 0.05) is 21.1 Å². The molecule has 0 bridgehead atoms. The van der Waals surface area contributed by atoms with E-state index < -0.39 is 0 Å². The highest BCUT2D eigenvalue weighted by Crippen LogP contribution is 2.27. The molecule has 0 amide bonds. The summed E-state index contributed by atoms with van der Waals surface area (Å²) in [5.74, 6) is -0.210. The first-order valence-electron chi connectivity index (χ1n) is 6.94. The minimum absolute atomic E-state index is 0.0942. The number of aryl methyl sites for hydroxylation is 1. The average molecular weight is 371 g/mol. The van der Waals surface area contributed by atoms with Crippen LogP contribution in [0.25, 0.3) is 0 Å². The molecule has 0 saturated heterocycles. The van der Waals surface area contributed by atoms with Crippen molar-refractivity contribution in [3.63, 3.8) is 0 Å². The Balaban J connectivity index is 2.30. The predicted molar refractivity (Wildman–Crippen MR) is 90.4 cm³/mol. The van der Waals surface area contributed by atoms with Crippen molar-refractivity contribution in [2.75, 3.05) is 6.54 Å². The Morgan fingerprint density at radius 3 is 2.62 bits per heavy atom. The van der Waals surface area contributed by atoms with Crippen LogP contribution in [0.5, 0.6) is 0 Å². The molecule has 21 heavy (non-hydrogen) atoms. The van der Waals surface area contributed by atoms with Crippen molar-refractivity contribution < 1.29 is 4.39 Å². The van der Waals surface area contributed by atoms with Gasteiger partial charge < -0.3 is 5.32 Å². The molecular formula is C17H18BrClFN. The molecule has 0 aromatic heterocycles. The summed E-state index contributed by atoms with van der Waals surface area (Å²) in [4.78, 5) is 0. The Morgan fingerprint density at radius 1 is 1.24 bits per heavy atom. The van der Waals surface area contributed by atoms with E-state index in [0.29, 0.717) is 12.0 Å². The molecule has 2 rings (SSSR count). The number of hydrogen-bond acceptors (Lipinski definition) is 1. The van der Waals surface area contributed by atoms with E-state index in [0.717, 1.165) is 27.2 Å². The molecular weight excluding hydrogens is 353 g/mol. The molecule has 2 aromatic rings. The summed E-state index contributed by atoms with van der Waals surface area (Å²) in [7, 11) is 0. The number of halogens is 3. The summed E-state index contributed by atoms with van der Waals surface area (Å²) >= 11 is 9.59. The second-order valence-corrected chi connectivity index (χ2v) is 6.40. The highest BCUT2D eigenvalue weighted by Gasteiger charge is 2.17. The zero-order valence-electron chi connectivity index (χ0n) is 12.1. The van der Waals surface area contributed by atoms with Crippen LogP contribution in [-0.4, -0.2) is 6.54 Å². The van der Waals surface area contributed by atoms with Crippen molar-refractivity contribution >= 4 is 27.5 Å². The SMILES string of the molecule is CCNC(Cc1ccc(C)cc1Cl)c1ccc(Br)cc1F. The van der Waals surface area contributed by atoms with E-state index in [-0.39, 0.29) is 11.9 Å². The van der Waals surface area contributed by atoms with Crippen molar-refractivity contribution in [2.45, 2.75) is 26.3 Å². The first-order valence-corrected chi connectivity index (χ1v) is 8.11. The Kier molecular flexibility index (Phi) is 5.80. The Labute approximate surface area is 138 Å². The van der Waals surface area contributed by atoms with E-state index in [9.17, 15) is 4.39 Å². The number of nitrogens with one attached hydrogen (secondary N) is 1.